The quantitative estimate of drug-likeness (QED) is 0.671. The third-order valence-corrected chi connectivity index (χ3v) is 4.70. The molecule has 0 aliphatic heterocycles. The molecule has 2 N–H and O–H groups in total. The van der Waals surface area contributed by atoms with E-state index in [9.17, 15) is 9.59 Å². The fourth-order valence-electron chi connectivity index (χ4n) is 3.34. The Balaban J connectivity index is 1.75. The molecule has 0 bridgehead atoms. The number of hydrogen-bond donors (Lipinski definition) is 2. The van der Waals surface area contributed by atoms with Crippen molar-refractivity contribution in [2.75, 3.05) is 7.05 Å². The van der Waals surface area contributed by atoms with Crippen molar-refractivity contribution in [3.63, 3.8) is 0 Å². The Labute approximate surface area is 140 Å². The minimum absolute atomic E-state index is 0.178. The van der Waals surface area contributed by atoms with Gasteiger partial charge in [0.05, 0.1) is 5.92 Å². The lowest BCUT2D eigenvalue weighted by atomic mass is 9.83. The molecule has 2 aromatic rings. The number of fused-ring (bicyclic) bond motifs is 1. The summed E-state index contributed by atoms with van der Waals surface area (Å²) in [6.07, 6.45) is 7.06. The van der Waals surface area contributed by atoms with Gasteiger partial charge in [-0.25, -0.2) is 0 Å². The van der Waals surface area contributed by atoms with Gasteiger partial charge in [0.15, 0.2) is 6.19 Å². The molecule has 1 aromatic heterocycles. The number of amides is 2. The van der Waals surface area contributed by atoms with Gasteiger partial charge in [0.2, 0.25) is 5.91 Å². The molecule has 2 atom stereocenters. The lowest BCUT2D eigenvalue weighted by molar-refractivity contribution is -0.133. The van der Waals surface area contributed by atoms with Crippen LogP contribution < -0.4 is 5.32 Å². The minimum atomic E-state index is -0.330. The van der Waals surface area contributed by atoms with Crippen LogP contribution in [0.15, 0.2) is 30.5 Å². The molecule has 1 saturated carbocycles. The van der Waals surface area contributed by atoms with Gasteiger partial charge in [0, 0.05) is 35.8 Å². The van der Waals surface area contributed by atoms with Gasteiger partial charge in [-0.2, -0.15) is 5.26 Å². The smallest absolute Gasteiger partial charge is 0.251 e. The van der Waals surface area contributed by atoms with E-state index < -0.39 is 0 Å². The highest BCUT2D eigenvalue weighted by molar-refractivity contribution is 5.98. The molecule has 2 amide bonds. The second kappa shape index (κ2) is 6.75. The summed E-state index contributed by atoms with van der Waals surface area (Å²) in [4.78, 5) is 29.1. The van der Waals surface area contributed by atoms with Crippen LogP contribution in [0.4, 0.5) is 0 Å². The van der Waals surface area contributed by atoms with Crippen molar-refractivity contribution >= 4 is 22.7 Å². The third-order valence-electron chi connectivity index (χ3n) is 4.70. The van der Waals surface area contributed by atoms with Crippen LogP contribution in [-0.2, 0) is 4.79 Å². The van der Waals surface area contributed by atoms with Crippen molar-refractivity contribution in [1.29, 1.82) is 5.26 Å². The molecule has 1 heterocycles. The maximum atomic E-state index is 12.6. The van der Waals surface area contributed by atoms with Crippen LogP contribution in [-0.4, -0.2) is 34.8 Å². The Morgan fingerprint density at radius 2 is 2.08 bits per heavy atom. The molecule has 0 radical (unpaired) electrons. The first-order valence-corrected chi connectivity index (χ1v) is 8.15. The number of hydrogen-bond acceptors (Lipinski definition) is 3. The number of nitrogens with one attached hydrogen (secondary N) is 2. The number of aromatic amines is 1. The van der Waals surface area contributed by atoms with Gasteiger partial charge in [0.25, 0.3) is 5.91 Å². The standard InChI is InChI=1S/C18H20N4O2/c1-22(11-19)18(24)14-4-2-3-5-16(14)21-17(23)13-6-7-15-12(10-13)8-9-20-15/h6-10,14,16,20H,2-5H2,1H3,(H,21,23)/t14-,16+/m1/s1. The lowest BCUT2D eigenvalue weighted by Gasteiger charge is -2.32. The highest BCUT2D eigenvalue weighted by Crippen LogP contribution is 2.26. The van der Waals surface area contributed by atoms with E-state index in [0.29, 0.717) is 12.0 Å². The third kappa shape index (κ3) is 3.11. The van der Waals surface area contributed by atoms with Crippen LogP contribution in [0.3, 0.4) is 0 Å². The zero-order valence-corrected chi connectivity index (χ0v) is 13.6. The van der Waals surface area contributed by atoms with Crippen LogP contribution in [0.25, 0.3) is 10.9 Å². The maximum absolute atomic E-state index is 12.6. The largest absolute Gasteiger partial charge is 0.361 e. The first kappa shape index (κ1) is 16.1. The van der Waals surface area contributed by atoms with Crippen LogP contribution in [0, 0.1) is 17.4 Å². The van der Waals surface area contributed by atoms with Crippen molar-refractivity contribution in [3.05, 3.63) is 36.0 Å². The summed E-state index contributed by atoms with van der Waals surface area (Å²) in [7, 11) is 1.47. The van der Waals surface area contributed by atoms with Crippen molar-refractivity contribution in [3.8, 4) is 6.19 Å². The van der Waals surface area contributed by atoms with E-state index in [4.69, 9.17) is 5.26 Å². The van der Waals surface area contributed by atoms with Crippen LogP contribution in [0.2, 0.25) is 0 Å². The number of nitriles is 1. The summed E-state index contributed by atoms with van der Waals surface area (Å²) in [6, 6.07) is 7.17. The molecule has 124 valence electrons. The number of H-pyrrole nitrogens is 1. The van der Waals surface area contributed by atoms with Crippen molar-refractivity contribution in [2.45, 2.75) is 31.7 Å². The summed E-state index contributed by atoms with van der Waals surface area (Å²) in [6.45, 7) is 0. The summed E-state index contributed by atoms with van der Waals surface area (Å²) < 4.78 is 0. The Morgan fingerprint density at radius 1 is 1.29 bits per heavy atom. The molecule has 0 spiro atoms. The zero-order chi connectivity index (χ0) is 17.1. The van der Waals surface area contributed by atoms with Crippen molar-refractivity contribution in [2.24, 2.45) is 5.92 Å². The number of benzene rings is 1. The number of aromatic nitrogens is 1. The molecule has 1 fully saturated rings. The molecule has 3 rings (SSSR count). The van der Waals surface area contributed by atoms with Crippen LogP contribution in [0.1, 0.15) is 36.0 Å². The molecule has 0 saturated heterocycles. The monoisotopic (exact) mass is 324 g/mol. The predicted molar refractivity (Wildman–Crippen MR) is 89.9 cm³/mol. The fourth-order valence-corrected chi connectivity index (χ4v) is 3.34. The van der Waals surface area contributed by atoms with E-state index in [1.165, 1.54) is 7.05 Å². The lowest BCUT2D eigenvalue weighted by Crippen LogP contribution is -2.48. The highest BCUT2D eigenvalue weighted by atomic mass is 16.2. The SMILES string of the molecule is CN(C#N)C(=O)[C@@H]1CCCC[C@@H]1NC(=O)c1ccc2[nH]ccc2c1. The van der Waals surface area contributed by atoms with E-state index >= 15 is 0 Å². The molecule has 1 aromatic carbocycles. The van der Waals surface area contributed by atoms with Gasteiger partial charge in [-0.1, -0.05) is 12.8 Å². The average molecular weight is 324 g/mol. The van der Waals surface area contributed by atoms with E-state index in [0.717, 1.165) is 35.1 Å². The van der Waals surface area contributed by atoms with E-state index in [-0.39, 0.29) is 23.8 Å². The van der Waals surface area contributed by atoms with E-state index in [1.807, 2.05) is 30.6 Å². The summed E-state index contributed by atoms with van der Waals surface area (Å²) >= 11 is 0. The average Bonchev–Trinajstić information content (AvgIpc) is 3.08. The highest BCUT2D eigenvalue weighted by Gasteiger charge is 2.34. The van der Waals surface area contributed by atoms with Gasteiger partial charge >= 0.3 is 0 Å². The molecule has 1 aliphatic carbocycles. The van der Waals surface area contributed by atoms with Gasteiger partial charge in [0.1, 0.15) is 0 Å². The first-order valence-electron chi connectivity index (χ1n) is 8.15. The number of carbonyl (C=O) groups excluding carboxylic acids is 2. The Kier molecular flexibility index (Phi) is 4.52. The Morgan fingerprint density at radius 3 is 2.88 bits per heavy atom. The first-order chi connectivity index (χ1) is 11.6. The van der Waals surface area contributed by atoms with Gasteiger partial charge in [-0.05, 0) is 37.1 Å². The molecule has 1 aliphatic rings. The second-order valence-corrected chi connectivity index (χ2v) is 6.25. The van der Waals surface area contributed by atoms with Gasteiger partial charge in [-0.15, -0.1) is 0 Å². The number of nitrogens with zero attached hydrogens (tertiary/aromatic N) is 2. The van der Waals surface area contributed by atoms with Crippen LogP contribution >= 0.6 is 0 Å². The predicted octanol–water partition coefficient (Wildman–Crippen LogP) is 2.40. The maximum Gasteiger partial charge on any atom is 0.251 e. The fraction of sp³-hybridized carbons (Fsp3) is 0.389. The summed E-state index contributed by atoms with van der Waals surface area (Å²) in [5.74, 6) is -0.727. The molecule has 6 nitrogen and oxygen atoms in total. The molecular weight excluding hydrogens is 304 g/mol. The van der Waals surface area contributed by atoms with Crippen molar-refractivity contribution in [1.82, 2.24) is 15.2 Å². The topological polar surface area (TPSA) is 89.0 Å². The van der Waals surface area contributed by atoms with E-state index in [2.05, 4.69) is 10.3 Å². The Bertz CT molecular complexity index is 805. The van der Waals surface area contributed by atoms with Gasteiger partial charge in [-0.3, -0.25) is 14.5 Å². The van der Waals surface area contributed by atoms with E-state index in [1.54, 1.807) is 6.07 Å². The van der Waals surface area contributed by atoms with Crippen LogP contribution in [0.5, 0.6) is 0 Å². The molecule has 24 heavy (non-hydrogen) atoms. The zero-order valence-electron chi connectivity index (χ0n) is 13.6. The molecule has 6 heteroatoms. The minimum Gasteiger partial charge on any atom is -0.361 e. The molecular formula is C18H20N4O2. The van der Waals surface area contributed by atoms with Gasteiger partial charge < -0.3 is 10.3 Å². The normalized spacial score (nSPS) is 20.3. The second-order valence-electron chi connectivity index (χ2n) is 6.25. The Hall–Kier alpha value is -2.81. The summed E-state index contributed by atoms with van der Waals surface area (Å²) in [5, 5.41) is 12.9. The molecule has 0 unspecified atom stereocenters. The number of rotatable bonds is 3. The summed E-state index contributed by atoms with van der Waals surface area (Å²) in [5.41, 5.74) is 1.56. The van der Waals surface area contributed by atoms with Crippen molar-refractivity contribution < 1.29 is 9.59 Å². The number of carbonyl (C=O) groups is 2.